The molecule has 1 N–H and O–H groups in total. The van der Waals surface area contributed by atoms with Crippen LogP contribution in [0.5, 0.6) is 0 Å². The molecule has 1 aromatic heterocycles. The highest BCUT2D eigenvalue weighted by atomic mass is 16.3. The fourth-order valence-corrected chi connectivity index (χ4v) is 1.82. The van der Waals surface area contributed by atoms with Crippen LogP contribution in [-0.2, 0) is 0 Å². The van der Waals surface area contributed by atoms with Crippen molar-refractivity contribution in [2.75, 3.05) is 24.6 Å². The molecular weight excluding hydrogens is 178 g/mol. The average Bonchev–Trinajstić information content (AvgIpc) is 2.30. The lowest BCUT2D eigenvalue weighted by Crippen LogP contribution is -2.35. The van der Waals surface area contributed by atoms with Crippen molar-refractivity contribution in [3.63, 3.8) is 0 Å². The predicted molar refractivity (Wildman–Crippen MR) is 54.1 cm³/mol. The minimum Gasteiger partial charge on any atom is -0.396 e. The molecule has 1 fully saturated rings. The molecule has 2 heterocycles. The zero-order chi connectivity index (χ0) is 9.80. The number of rotatable bonds is 2. The first kappa shape index (κ1) is 9.40. The maximum atomic E-state index is 9.00. The van der Waals surface area contributed by atoms with E-state index in [-0.39, 0.29) is 0 Å². The molecule has 0 atom stereocenters. The summed E-state index contributed by atoms with van der Waals surface area (Å²) in [5.74, 6) is 1.48. The summed E-state index contributed by atoms with van der Waals surface area (Å²) < 4.78 is 0. The van der Waals surface area contributed by atoms with E-state index in [0.29, 0.717) is 12.5 Å². The highest BCUT2D eigenvalue weighted by Crippen LogP contribution is 2.20. The number of aliphatic hydroxyl groups is 1. The van der Waals surface area contributed by atoms with Crippen molar-refractivity contribution >= 4 is 5.82 Å². The van der Waals surface area contributed by atoms with Gasteiger partial charge in [-0.1, -0.05) is 0 Å². The second-order valence-electron chi connectivity index (χ2n) is 3.68. The van der Waals surface area contributed by atoms with Crippen LogP contribution >= 0.6 is 0 Å². The zero-order valence-electron chi connectivity index (χ0n) is 8.13. The second kappa shape index (κ2) is 4.37. The Morgan fingerprint density at radius 3 is 2.79 bits per heavy atom. The van der Waals surface area contributed by atoms with Crippen LogP contribution in [0, 0.1) is 5.92 Å². The van der Waals surface area contributed by atoms with Gasteiger partial charge in [-0.2, -0.15) is 0 Å². The molecule has 1 saturated heterocycles. The van der Waals surface area contributed by atoms with Crippen molar-refractivity contribution in [2.45, 2.75) is 12.8 Å². The molecule has 14 heavy (non-hydrogen) atoms. The van der Waals surface area contributed by atoms with Crippen LogP contribution in [0.2, 0.25) is 0 Å². The van der Waals surface area contributed by atoms with Crippen LogP contribution in [0.25, 0.3) is 0 Å². The smallest absolute Gasteiger partial charge is 0.131 e. The number of hydrogen-bond acceptors (Lipinski definition) is 4. The Labute approximate surface area is 83.6 Å². The normalized spacial score (nSPS) is 18.5. The molecule has 0 aromatic carbocycles. The Hall–Kier alpha value is -1.16. The zero-order valence-corrected chi connectivity index (χ0v) is 8.13. The summed E-state index contributed by atoms with van der Waals surface area (Å²) in [7, 11) is 0. The van der Waals surface area contributed by atoms with Crippen molar-refractivity contribution in [3.05, 3.63) is 18.6 Å². The summed E-state index contributed by atoms with van der Waals surface area (Å²) in [5.41, 5.74) is 0. The number of piperidine rings is 1. The maximum Gasteiger partial charge on any atom is 0.131 e. The van der Waals surface area contributed by atoms with E-state index in [1.54, 1.807) is 12.5 Å². The third kappa shape index (κ3) is 2.01. The first-order valence-electron chi connectivity index (χ1n) is 5.02. The Bertz CT molecular complexity index is 270. The quantitative estimate of drug-likeness (QED) is 0.750. The molecule has 0 radical (unpaired) electrons. The van der Waals surface area contributed by atoms with Crippen LogP contribution in [0.1, 0.15) is 12.8 Å². The minimum absolute atomic E-state index is 0.317. The summed E-state index contributed by atoms with van der Waals surface area (Å²) >= 11 is 0. The van der Waals surface area contributed by atoms with Crippen molar-refractivity contribution < 1.29 is 5.11 Å². The Balaban J connectivity index is 1.96. The van der Waals surface area contributed by atoms with E-state index in [4.69, 9.17) is 5.11 Å². The SMILES string of the molecule is OCC1CCN(c2ccncn2)CC1. The van der Waals surface area contributed by atoms with Gasteiger partial charge in [0.05, 0.1) is 0 Å². The van der Waals surface area contributed by atoms with Crippen LogP contribution in [0.4, 0.5) is 5.82 Å². The van der Waals surface area contributed by atoms with Crippen LogP contribution in [0.3, 0.4) is 0 Å². The molecule has 1 aliphatic heterocycles. The number of aromatic nitrogens is 2. The van der Waals surface area contributed by atoms with Crippen molar-refractivity contribution in [2.24, 2.45) is 5.92 Å². The number of anilines is 1. The Morgan fingerprint density at radius 2 is 2.21 bits per heavy atom. The molecule has 1 aromatic rings. The van der Waals surface area contributed by atoms with E-state index in [1.165, 1.54) is 0 Å². The van der Waals surface area contributed by atoms with Gasteiger partial charge in [-0.25, -0.2) is 9.97 Å². The lowest BCUT2D eigenvalue weighted by atomic mass is 9.98. The molecular formula is C10H15N3O. The largest absolute Gasteiger partial charge is 0.396 e. The highest BCUT2D eigenvalue weighted by molar-refractivity contribution is 5.36. The van der Waals surface area contributed by atoms with Crippen molar-refractivity contribution in [1.29, 1.82) is 0 Å². The maximum absolute atomic E-state index is 9.00. The standard InChI is InChI=1S/C10H15N3O/c14-7-9-2-5-13(6-3-9)10-1-4-11-8-12-10/h1,4,8-9,14H,2-3,5-7H2. The van der Waals surface area contributed by atoms with E-state index >= 15 is 0 Å². The Kier molecular flexibility index (Phi) is 2.93. The van der Waals surface area contributed by atoms with Gasteiger partial charge in [0, 0.05) is 25.9 Å². The molecule has 0 bridgehead atoms. The van der Waals surface area contributed by atoms with Gasteiger partial charge in [0.15, 0.2) is 0 Å². The minimum atomic E-state index is 0.317. The molecule has 0 saturated carbocycles. The monoisotopic (exact) mass is 193 g/mol. The van der Waals surface area contributed by atoms with Crippen molar-refractivity contribution in [3.8, 4) is 0 Å². The third-order valence-electron chi connectivity index (χ3n) is 2.76. The summed E-state index contributed by atoms with van der Waals surface area (Å²) in [6, 6.07) is 1.93. The van der Waals surface area contributed by atoms with Gasteiger partial charge in [0.1, 0.15) is 12.1 Å². The topological polar surface area (TPSA) is 49.2 Å². The predicted octanol–water partition coefficient (Wildman–Crippen LogP) is 0.685. The molecule has 0 unspecified atom stereocenters. The molecule has 0 amide bonds. The fraction of sp³-hybridized carbons (Fsp3) is 0.600. The van der Waals surface area contributed by atoms with Gasteiger partial charge >= 0.3 is 0 Å². The second-order valence-corrected chi connectivity index (χ2v) is 3.68. The number of hydrogen-bond donors (Lipinski definition) is 1. The van der Waals surface area contributed by atoms with Gasteiger partial charge in [-0.15, -0.1) is 0 Å². The first-order valence-corrected chi connectivity index (χ1v) is 5.02. The van der Waals surface area contributed by atoms with Gasteiger partial charge < -0.3 is 10.0 Å². The Morgan fingerprint density at radius 1 is 1.43 bits per heavy atom. The van der Waals surface area contributed by atoms with Crippen molar-refractivity contribution in [1.82, 2.24) is 9.97 Å². The van der Waals surface area contributed by atoms with E-state index in [9.17, 15) is 0 Å². The average molecular weight is 193 g/mol. The summed E-state index contributed by atoms with van der Waals surface area (Å²) in [4.78, 5) is 10.3. The first-order chi connectivity index (χ1) is 6.90. The molecule has 4 nitrogen and oxygen atoms in total. The van der Waals surface area contributed by atoms with Crippen LogP contribution in [-0.4, -0.2) is 34.8 Å². The molecule has 76 valence electrons. The van der Waals surface area contributed by atoms with Crippen LogP contribution < -0.4 is 4.90 Å². The third-order valence-corrected chi connectivity index (χ3v) is 2.76. The lowest BCUT2D eigenvalue weighted by Gasteiger charge is -2.31. The molecule has 2 rings (SSSR count). The van der Waals surface area contributed by atoms with Gasteiger partial charge in [0.25, 0.3) is 0 Å². The summed E-state index contributed by atoms with van der Waals surface area (Å²) in [6.45, 7) is 2.29. The van der Waals surface area contributed by atoms with E-state index < -0.39 is 0 Å². The van der Waals surface area contributed by atoms with E-state index in [0.717, 1.165) is 31.7 Å². The summed E-state index contributed by atoms with van der Waals surface area (Å²) in [5, 5.41) is 9.00. The van der Waals surface area contributed by atoms with Gasteiger partial charge in [0.2, 0.25) is 0 Å². The fourth-order valence-electron chi connectivity index (χ4n) is 1.82. The lowest BCUT2D eigenvalue weighted by molar-refractivity contribution is 0.203. The van der Waals surface area contributed by atoms with E-state index in [2.05, 4.69) is 14.9 Å². The van der Waals surface area contributed by atoms with Gasteiger partial charge in [-0.3, -0.25) is 0 Å². The molecule has 0 aliphatic carbocycles. The number of aliphatic hydroxyl groups excluding tert-OH is 1. The molecule has 4 heteroatoms. The highest BCUT2D eigenvalue weighted by Gasteiger charge is 2.18. The van der Waals surface area contributed by atoms with Crippen LogP contribution in [0.15, 0.2) is 18.6 Å². The summed E-state index contributed by atoms with van der Waals surface area (Å²) in [6.07, 6.45) is 5.45. The number of nitrogens with zero attached hydrogens (tertiary/aromatic N) is 3. The van der Waals surface area contributed by atoms with E-state index in [1.807, 2.05) is 6.07 Å². The molecule has 0 spiro atoms. The molecule has 1 aliphatic rings. The van der Waals surface area contributed by atoms with Gasteiger partial charge in [-0.05, 0) is 24.8 Å².